The summed E-state index contributed by atoms with van der Waals surface area (Å²) in [6, 6.07) is 17.4. The molecule has 1 saturated heterocycles. The fourth-order valence-corrected chi connectivity index (χ4v) is 5.32. The van der Waals surface area contributed by atoms with Crippen molar-refractivity contribution in [1.82, 2.24) is 15.5 Å². The van der Waals surface area contributed by atoms with Crippen LogP contribution in [0.3, 0.4) is 0 Å². The van der Waals surface area contributed by atoms with Crippen LogP contribution in [0.1, 0.15) is 103 Å². The first kappa shape index (κ1) is 43.4. The number of hydrogen-bond donors (Lipinski definition) is 4. The van der Waals surface area contributed by atoms with Crippen molar-refractivity contribution in [2.75, 3.05) is 18.9 Å². The maximum atomic E-state index is 12.7. The summed E-state index contributed by atoms with van der Waals surface area (Å²) in [5, 5.41) is 10.1. The van der Waals surface area contributed by atoms with Gasteiger partial charge in [-0.1, -0.05) is 71.0 Å². The number of hydrogen-bond acceptors (Lipinski definition) is 7. The van der Waals surface area contributed by atoms with Crippen LogP contribution >= 0.6 is 11.9 Å². The molecule has 0 radical (unpaired) electrons. The zero-order valence-electron chi connectivity index (χ0n) is 31.1. The molecule has 10 heteroatoms. The number of amides is 2. The van der Waals surface area contributed by atoms with Crippen LogP contribution < -0.4 is 21.7 Å². The standard InChI is InChI=1S/C22H28N2O2.C9H16N2O.C4H8N2S.C2H6.C2H4/c1-21(2,3)19(15-25)23-18-13-9-10-16(14-18)20(26)24-22(4,5)17-11-7-6-8-12-17;1-11-6-2-3-8(11)9(12)10-7-4-5-7;5-3-6-7-4-1-2-4;2*1-2/h6-15,19,23H,1-5H3,(H,24,26);7-8H,2-6H2,1H3,(H,10,12);3-4H,1-2H2,(H2,5,6);1-2H3;1-2H2/t19-;8-;;;/m00.../s1. The van der Waals surface area contributed by atoms with E-state index in [-0.39, 0.29) is 29.3 Å². The molecule has 9 nitrogen and oxygen atoms in total. The Balaban J connectivity index is 0.000000425. The normalized spacial score (nSPS) is 17.6. The molecule has 3 aliphatic rings. The molecule has 272 valence electrons. The number of aldehydes is 1. The molecule has 0 unspecified atom stereocenters. The van der Waals surface area contributed by atoms with Gasteiger partial charge in [-0.15, -0.1) is 13.2 Å². The average molecular weight is 695 g/mol. The minimum absolute atomic E-state index is 0.152. The number of carbonyl (C=O) groups is 3. The van der Waals surface area contributed by atoms with E-state index in [4.69, 9.17) is 5.73 Å². The first-order valence-corrected chi connectivity index (χ1v) is 18.3. The molecule has 2 atom stereocenters. The summed E-state index contributed by atoms with van der Waals surface area (Å²) >= 11 is 1.59. The molecule has 3 fully saturated rings. The van der Waals surface area contributed by atoms with Gasteiger partial charge in [-0.3, -0.25) is 14.5 Å². The van der Waals surface area contributed by atoms with Gasteiger partial charge in [0.25, 0.3) is 5.91 Å². The molecule has 0 spiro atoms. The first-order chi connectivity index (χ1) is 23.3. The average Bonchev–Trinajstić information content (AvgIpc) is 4.04. The molecule has 0 bridgehead atoms. The smallest absolute Gasteiger partial charge is 0.252 e. The van der Waals surface area contributed by atoms with Crippen LogP contribution in [-0.2, 0) is 15.1 Å². The van der Waals surface area contributed by atoms with Gasteiger partial charge in [0.2, 0.25) is 5.91 Å². The molecule has 0 aromatic heterocycles. The number of anilines is 1. The molecule has 49 heavy (non-hydrogen) atoms. The third kappa shape index (κ3) is 16.6. The Morgan fingerprint density at radius 3 is 2.10 bits per heavy atom. The van der Waals surface area contributed by atoms with E-state index < -0.39 is 5.54 Å². The monoisotopic (exact) mass is 694 g/mol. The molecule has 1 aliphatic heterocycles. The van der Waals surface area contributed by atoms with E-state index in [0.29, 0.717) is 11.6 Å². The minimum atomic E-state index is -0.488. The SMILES string of the molecule is C=C.CC.CC(C)(NC(=O)c1cccc(N[C@@H](C=O)C(C)(C)C)c1)c1ccccc1.CN1CCC[C@H]1C(=O)NC1CC1.N/C=N/SC1CC1. The molecular formula is C39H62N6O3S. The Morgan fingerprint density at radius 1 is 0.980 bits per heavy atom. The predicted molar refractivity (Wildman–Crippen MR) is 209 cm³/mol. The number of nitrogens with zero attached hydrogens (tertiary/aromatic N) is 2. The summed E-state index contributed by atoms with van der Waals surface area (Å²) in [5.41, 5.74) is 6.64. The van der Waals surface area contributed by atoms with Gasteiger partial charge in [0.1, 0.15) is 6.29 Å². The van der Waals surface area contributed by atoms with Crippen LogP contribution in [-0.4, -0.2) is 66.3 Å². The van der Waals surface area contributed by atoms with E-state index in [1.165, 1.54) is 38.4 Å². The van der Waals surface area contributed by atoms with Gasteiger partial charge in [0, 0.05) is 22.5 Å². The van der Waals surface area contributed by atoms with E-state index in [1.807, 2.05) is 98.0 Å². The van der Waals surface area contributed by atoms with Crippen molar-refractivity contribution >= 4 is 42.1 Å². The number of likely N-dealkylation sites (tertiary alicyclic amines) is 1. The third-order valence-corrected chi connectivity index (χ3v) is 8.99. The van der Waals surface area contributed by atoms with E-state index in [0.717, 1.165) is 35.8 Å². The zero-order chi connectivity index (χ0) is 37.0. The van der Waals surface area contributed by atoms with Gasteiger partial charge in [-0.2, -0.15) is 0 Å². The summed E-state index contributed by atoms with van der Waals surface area (Å²) in [5.74, 6) is 0.0958. The summed E-state index contributed by atoms with van der Waals surface area (Å²) in [6.45, 7) is 21.0. The highest BCUT2D eigenvalue weighted by Crippen LogP contribution is 2.34. The van der Waals surface area contributed by atoms with Crippen LogP contribution in [0, 0.1) is 5.41 Å². The summed E-state index contributed by atoms with van der Waals surface area (Å²) in [4.78, 5) is 37.8. The number of benzene rings is 2. The largest absolute Gasteiger partial charge is 0.389 e. The van der Waals surface area contributed by atoms with Crippen molar-refractivity contribution < 1.29 is 14.4 Å². The Morgan fingerprint density at radius 2 is 1.61 bits per heavy atom. The summed E-state index contributed by atoms with van der Waals surface area (Å²) < 4.78 is 3.80. The van der Waals surface area contributed by atoms with Crippen molar-refractivity contribution in [1.29, 1.82) is 0 Å². The summed E-state index contributed by atoms with van der Waals surface area (Å²) in [7, 11) is 2.03. The van der Waals surface area contributed by atoms with E-state index in [1.54, 1.807) is 24.1 Å². The Kier molecular flexibility index (Phi) is 19.6. The van der Waals surface area contributed by atoms with Gasteiger partial charge in [0.05, 0.1) is 24.0 Å². The number of carbonyl (C=O) groups excluding carboxylic acids is 3. The predicted octanol–water partition coefficient (Wildman–Crippen LogP) is 7.35. The van der Waals surface area contributed by atoms with Crippen molar-refractivity contribution in [3.05, 3.63) is 78.9 Å². The molecule has 2 aromatic rings. The topological polar surface area (TPSA) is 129 Å². The number of nitrogens with two attached hydrogens (primary N) is 1. The molecule has 2 aliphatic carbocycles. The second kappa shape index (κ2) is 22.2. The molecule has 2 amide bonds. The van der Waals surface area contributed by atoms with Crippen LogP contribution in [0.25, 0.3) is 0 Å². The Bertz CT molecular complexity index is 1290. The van der Waals surface area contributed by atoms with Gasteiger partial charge in [0.15, 0.2) is 0 Å². The minimum Gasteiger partial charge on any atom is -0.389 e. The zero-order valence-corrected chi connectivity index (χ0v) is 31.9. The van der Waals surface area contributed by atoms with Gasteiger partial charge < -0.3 is 26.5 Å². The Labute approximate surface area is 300 Å². The summed E-state index contributed by atoms with van der Waals surface area (Å²) in [6.07, 6.45) is 9.47. The van der Waals surface area contributed by atoms with E-state index in [2.05, 4.69) is 38.4 Å². The van der Waals surface area contributed by atoms with Gasteiger partial charge >= 0.3 is 0 Å². The fraction of sp³-hybridized carbons (Fsp3) is 0.538. The maximum Gasteiger partial charge on any atom is 0.252 e. The van der Waals surface area contributed by atoms with E-state index >= 15 is 0 Å². The highest BCUT2D eigenvalue weighted by Gasteiger charge is 2.32. The van der Waals surface area contributed by atoms with Gasteiger partial charge in [-0.25, -0.2) is 4.40 Å². The number of nitrogens with one attached hydrogen (secondary N) is 3. The molecule has 2 aromatic carbocycles. The first-order valence-electron chi connectivity index (χ1n) is 17.4. The maximum absolute atomic E-state index is 12.7. The van der Waals surface area contributed by atoms with E-state index in [9.17, 15) is 14.4 Å². The lowest BCUT2D eigenvalue weighted by atomic mass is 9.87. The van der Waals surface area contributed by atoms with Crippen molar-refractivity contribution in [3.63, 3.8) is 0 Å². The molecule has 1 heterocycles. The lowest BCUT2D eigenvalue weighted by Gasteiger charge is -2.28. The van der Waals surface area contributed by atoms with Crippen molar-refractivity contribution in [2.45, 2.75) is 116 Å². The second-order valence-corrected chi connectivity index (χ2v) is 14.7. The van der Waals surface area contributed by atoms with Crippen LogP contribution in [0.4, 0.5) is 5.69 Å². The van der Waals surface area contributed by atoms with Gasteiger partial charge in [-0.05, 0) is 107 Å². The van der Waals surface area contributed by atoms with Crippen molar-refractivity contribution in [3.8, 4) is 0 Å². The quantitative estimate of drug-likeness (QED) is 0.0673. The molecule has 2 saturated carbocycles. The van der Waals surface area contributed by atoms with Crippen LogP contribution in [0.15, 0.2) is 72.2 Å². The molecule has 5 N–H and O–H groups in total. The lowest BCUT2D eigenvalue weighted by Crippen LogP contribution is -2.42. The molecular weight excluding hydrogens is 633 g/mol. The molecule has 5 rings (SSSR count). The number of likely N-dealkylation sites (N-methyl/N-ethyl adjacent to an activating group) is 1. The Hall–Kier alpha value is -3.63. The van der Waals surface area contributed by atoms with Crippen LogP contribution in [0.2, 0.25) is 0 Å². The van der Waals surface area contributed by atoms with Crippen LogP contribution in [0.5, 0.6) is 0 Å². The number of rotatable bonds is 10. The lowest BCUT2D eigenvalue weighted by molar-refractivity contribution is -0.125. The highest BCUT2D eigenvalue weighted by molar-refractivity contribution is 7.99. The third-order valence-electron chi connectivity index (χ3n) is 7.98. The second-order valence-electron chi connectivity index (χ2n) is 13.6. The highest BCUT2D eigenvalue weighted by atomic mass is 32.2. The fourth-order valence-electron chi connectivity index (χ4n) is 4.73. The van der Waals surface area contributed by atoms with Crippen molar-refractivity contribution in [2.24, 2.45) is 15.5 Å².